The van der Waals surface area contributed by atoms with Crippen LogP contribution in [0.5, 0.6) is 11.5 Å². The maximum atomic E-state index is 12.1. The number of nitrogens with zero attached hydrogens (tertiary/aromatic N) is 1. The first-order valence-corrected chi connectivity index (χ1v) is 8.72. The van der Waals surface area contributed by atoms with Crippen LogP contribution in [-0.2, 0) is 17.6 Å². The van der Waals surface area contributed by atoms with E-state index in [-0.39, 0.29) is 18.4 Å². The third-order valence-corrected chi connectivity index (χ3v) is 4.31. The van der Waals surface area contributed by atoms with Crippen molar-refractivity contribution < 1.29 is 14.3 Å². The fourth-order valence-corrected chi connectivity index (χ4v) is 2.96. The molecule has 0 saturated heterocycles. The summed E-state index contributed by atoms with van der Waals surface area (Å²) in [6.45, 7) is 5.18. The number of pyridine rings is 1. The van der Waals surface area contributed by atoms with E-state index in [0.29, 0.717) is 18.9 Å². The van der Waals surface area contributed by atoms with Gasteiger partial charge < -0.3 is 14.8 Å². The maximum absolute atomic E-state index is 12.1. The molecule has 1 atom stereocenters. The third-order valence-electron chi connectivity index (χ3n) is 4.31. The molecule has 1 amide bonds. The normalized spacial score (nSPS) is 15.8. The first-order chi connectivity index (χ1) is 12.2. The van der Waals surface area contributed by atoms with Crippen LogP contribution in [0, 0.1) is 12.8 Å². The lowest BCUT2D eigenvalue weighted by atomic mass is 9.97. The zero-order valence-corrected chi connectivity index (χ0v) is 14.7. The molecule has 1 aromatic heterocycles. The summed E-state index contributed by atoms with van der Waals surface area (Å²) < 4.78 is 11.4. The number of carbonyl (C=O) groups is 1. The van der Waals surface area contributed by atoms with Crippen molar-refractivity contribution in [3.05, 3.63) is 53.3 Å². The topological polar surface area (TPSA) is 60.5 Å². The van der Waals surface area contributed by atoms with Crippen LogP contribution in [0.3, 0.4) is 0 Å². The lowest BCUT2D eigenvalue weighted by molar-refractivity contribution is -0.123. The van der Waals surface area contributed by atoms with E-state index >= 15 is 0 Å². The Labute approximate surface area is 148 Å². The first kappa shape index (κ1) is 17.3. The number of carbonyl (C=O) groups excluding carboxylic acids is 1. The van der Waals surface area contributed by atoms with Crippen molar-refractivity contribution in [2.75, 3.05) is 19.8 Å². The number of hydrogen-bond acceptors (Lipinski definition) is 4. The summed E-state index contributed by atoms with van der Waals surface area (Å²) in [4.78, 5) is 16.5. The Morgan fingerprint density at radius 2 is 2.16 bits per heavy atom. The molecule has 3 rings (SSSR count). The molecule has 132 valence electrons. The van der Waals surface area contributed by atoms with Crippen molar-refractivity contribution in [3.8, 4) is 11.5 Å². The van der Waals surface area contributed by atoms with Gasteiger partial charge in [0.05, 0.1) is 12.3 Å². The van der Waals surface area contributed by atoms with Gasteiger partial charge in [0, 0.05) is 18.2 Å². The SMILES string of the molecule is CCc1nc(C)ccc1OCC(=O)NC[C@@H]1COc2ccccc2C1. The van der Waals surface area contributed by atoms with Crippen molar-refractivity contribution in [2.45, 2.75) is 26.7 Å². The summed E-state index contributed by atoms with van der Waals surface area (Å²) in [5.41, 5.74) is 3.03. The largest absolute Gasteiger partial charge is 0.493 e. The van der Waals surface area contributed by atoms with Gasteiger partial charge in [-0.15, -0.1) is 0 Å². The lowest BCUT2D eigenvalue weighted by Crippen LogP contribution is -2.37. The molecule has 5 nitrogen and oxygen atoms in total. The molecule has 1 N–H and O–H groups in total. The van der Waals surface area contributed by atoms with Crippen LogP contribution in [0.25, 0.3) is 0 Å². The van der Waals surface area contributed by atoms with E-state index in [1.165, 1.54) is 5.56 Å². The number of aromatic nitrogens is 1. The first-order valence-electron chi connectivity index (χ1n) is 8.72. The maximum Gasteiger partial charge on any atom is 0.257 e. The fraction of sp³-hybridized carbons (Fsp3) is 0.400. The second-order valence-electron chi connectivity index (χ2n) is 6.33. The van der Waals surface area contributed by atoms with Crippen LogP contribution in [-0.4, -0.2) is 30.6 Å². The molecule has 2 heterocycles. The number of hydrogen-bond donors (Lipinski definition) is 1. The summed E-state index contributed by atoms with van der Waals surface area (Å²) >= 11 is 0. The van der Waals surface area contributed by atoms with Gasteiger partial charge in [-0.1, -0.05) is 25.1 Å². The van der Waals surface area contributed by atoms with Gasteiger partial charge in [-0.05, 0) is 43.5 Å². The number of aryl methyl sites for hydroxylation is 2. The fourth-order valence-electron chi connectivity index (χ4n) is 2.96. The summed E-state index contributed by atoms with van der Waals surface area (Å²) in [7, 11) is 0. The molecule has 2 aromatic rings. The van der Waals surface area contributed by atoms with Crippen molar-refractivity contribution in [3.63, 3.8) is 0 Å². The van der Waals surface area contributed by atoms with Crippen molar-refractivity contribution >= 4 is 5.91 Å². The minimum absolute atomic E-state index is 0.00189. The number of nitrogens with one attached hydrogen (secondary N) is 1. The van der Waals surface area contributed by atoms with Crippen LogP contribution < -0.4 is 14.8 Å². The molecular formula is C20H24N2O3. The highest BCUT2D eigenvalue weighted by molar-refractivity contribution is 5.77. The molecule has 5 heteroatoms. The number of ether oxygens (including phenoxy) is 2. The Hall–Kier alpha value is -2.56. The Morgan fingerprint density at radius 3 is 3.00 bits per heavy atom. The number of para-hydroxylation sites is 1. The molecule has 1 aliphatic rings. The van der Waals surface area contributed by atoms with E-state index in [9.17, 15) is 4.79 Å². The quantitative estimate of drug-likeness (QED) is 0.878. The third kappa shape index (κ3) is 4.50. The predicted molar refractivity (Wildman–Crippen MR) is 96.0 cm³/mol. The van der Waals surface area contributed by atoms with Crippen molar-refractivity contribution in [1.82, 2.24) is 10.3 Å². The predicted octanol–water partition coefficient (Wildman–Crippen LogP) is 2.70. The van der Waals surface area contributed by atoms with E-state index in [0.717, 1.165) is 30.0 Å². The van der Waals surface area contributed by atoms with Gasteiger partial charge >= 0.3 is 0 Å². The average molecular weight is 340 g/mol. The van der Waals surface area contributed by atoms with Crippen LogP contribution in [0.15, 0.2) is 36.4 Å². The van der Waals surface area contributed by atoms with Crippen LogP contribution >= 0.6 is 0 Å². The molecule has 1 aromatic carbocycles. The molecule has 0 saturated carbocycles. The number of rotatable bonds is 6. The summed E-state index contributed by atoms with van der Waals surface area (Å²) in [6, 6.07) is 11.8. The lowest BCUT2D eigenvalue weighted by Gasteiger charge is -2.25. The molecule has 25 heavy (non-hydrogen) atoms. The molecule has 1 aliphatic heterocycles. The van der Waals surface area contributed by atoms with Gasteiger partial charge in [0.1, 0.15) is 11.5 Å². The van der Waals surface area contributed by atoms with Gasteiger partial charge in [-0.25, -0.2) is 0 Å². The number of amides is 1. The van der Waals surface area contributed by atoms with Crippen molar-refractivity contribution in [2.24, 2.45) is 5.92 Å². The Balaban J connectivity index is 1.46. The highest BCUT2D eigenvalue weighted by atomic mass is 16.5. The molecule has 0 aliphatic carbocycles. The Morgan fingerprint density at radius 1 is 1.32 bits per heavy atom. The molecule has 0 radical (unpaired) electrons. The van der Waals surface area contributed by atoms with E-state index in [1.54, 1.807) is 0 Å². The van der Waals surface area contributed by atoms with Gasteiger partial charge in [0.15, 0.2) is 6.61 Å². The zero-order valence-electron chi connectivity index (χ0n) is 14.7. The van der Waals surface area contributed by atoms with E-state index in [1.807, 2.05) is 44.2 Å². The number of fused-ring (bicyclic) bond motifs is 1. The average Bonchev–Trinajstić information content (AvgIpc) is 2.65. The van der Waals surface area contributed by atoms with Gasteiger partial charge in [-0.2, -0.15) is 0 Å². The zero-order chi connectivity index (χ0) is 17.6. The minimum Gasteiger partial charge on any atom is -0.493 e. The second kappa shape index (κ2) is 8.01. The smallest absolute Gasteiger partial charge is 0.257 e. The highest BCUT2D eigenvalue weighted by Gasteiger charge is 2.20. The van der Waals surface area contributed by atoms with E-state index in [2.05, 4.69) is 16.4 Å². The standard InChI is InChI=1S/C20H24N2O3/c1-3-17-19(9-8-14(2)22-17)25-13-20(23)21-11-15-10-16-6-4-5-7-18(16)24-12-15/h4-9,15H,3,10-13H2,1-2H3,(H,21,23)/t15-/m1/s1. The van der Waals surface area contributed by atoms with Crippen molar-refractivity contribution in [1.29, 1.82) is 0 Å². The molecular weight excluding hydrogens is 316 g/mol. The molecule has 0 spiro atoms. The van der Waals surface area contributed by atoms with Crippen LogP contribution in [0.4, 0.5) is 0 Å². The molecule has 0 unspecified atom stereocenters. The van der Waals surface area contributed by atoms with Crippen LogP contribution in [0.2, 0.25) is 0 Å². The minimum atomic E-state index is -0.124. The summed E-state index contributed by atoms with van der Waals surface area (Å²) in [5, 5.41) is 2.94. The monoisotopic (exact) mass is 340 g/mol. The summed E-state index contributed by atoms with van der Waals surface area (Å²) in [6.07, 6.45) is 1.69. The number of benzene rings is 1. The van der Waals surface area contributed by atoms with Gasteiger partial charge in [-0.3, -0.25) is 9.78 Å². The summed E-state index contributed by atoms with van der Waals surface area (Å²) in [5.74, 6) is 1.79. The Kier molecular flexibility index (Phi) is 5.53. The second-order valence-corrected chi connectivity index (χ2v) is 6.33. The van der Waals surface area contributed by atoms with Crippen LogP contribution in [0.1, 0.15) is 23.9 Å². The molecule has 0 fully saturated rings. The Bertz CT molecular complexity index is 745. The van der Waals surface area contributed by atoms with Gasteiger partial charge in [0.25, 0.3) is 5.91 Å². The van der Waals surface area contributed by atoms with Gasteiger partial charge in [0.2, 0.25) is 0 Å². The highest BCUT2D eigenvalue weighted by Crippen LogP contribution is 2.26. The molecule has 0 bridgehead atoms. The van der Waals surface area contributed by atoms with E-state index < -0.39 is 0 Å². The van der Waals surface area contributed by atoms with E-state index in [4.69, 9.17) is 9.47 Å².